The summed E-state index contributed by atoms with van der Waals surface area (Å²) in [6.45, 7) is 13.3. The fraction of sp³-hybridized carbons (Fsp3) is 0.632. The molecule has 0 bridgehead atoms. The minimum absolute atomic E-state index is 0.802. The summed E-state index contributed by atoms with van der Waals surface area (Å²) in [6.07, 6.45) is 3.62. The number of nitrogens with zero attached hydrogens (tertiary/aromatic N) is 3. The molecule has 140 valence electrons. The predicted molar refractivity (Wildman–Crippen MR) is 102 cm³/mol. The molecule has 1 fully saturated rings. The summed E-state index contributed by atoms with van der Waals surface area (Å²) >= 11 is 0. The Bertz CT molecular complexity index is 522. The van der Waals surface area contributed by atoms with Gasteiger partial charge < -0.3 is 19.4 Å². The van der Waals surface area contributed by atoms with Crippen LogP contribution in [0, 0.1) is 0 Å². The molecule has 0 radical (unpaired) electrons. The van der Waals surface area contributed by atoms with Gasteiger partial charge in [0.05, 0.1) is 19.5 Å². The molecule has 2 heterocycles. The van der Waals surface area contributed by atoms with Crippen molar-refractivity contribution in [2.45, 2.75) is 19.8 Å². The van der Waals surface area contributed by atoms with E-state index in [0.717, 1.165) is 82.6 Å². The van der Waals surface area contributed by atoms with Crippen LogP contribution in [0.3, 0.4) is 0 Å². The van der Waals surface area contributed by atoms with Crippen LogP contribution in [0.5, 0.6) is 0 Å². The van der Waals surface area contributed by atoms with E-state index in [9.17, 15) is 0 Å². The first-order valence-corrected chi connectivity index (χ1v) is 9.11. The quantitative estimate of drug-likeness (QED) is 0.320. The van der Waals surface area contributed by atoms with E-state index < -0.39 is 0 Å². The maximum Gasteiger partial charge on any atom is 0.193 e. The van der Waals surface area contributed by atoms with Crippen molar-refractivity contribution in [2.75, 3.05) is 59.5 Å². The van der Waals surface area contributed by atoms with Crippen LogP contribution in [0.1, 0.15) is 19.1 Å². The van der Waals surface area contributed by atoms with Crippen LogP contribution in [0.4, 0.5) is 0 Å². The average molecular weight is 348 g/mol. The summed E-state index contributed by atoms with van der Waals surface area (Å²) in [6, 6.07) is 3.92. The maximum atomic E-state index is 5.39. The number of nitrogens with one attached hydrogen (secondary N) is 1. The van der Waals surface area contributed by atoms with E-state index >= 15 is 0 Å². The molecule has 6 nitrogen and oxygen atoms in total. The second-order valence-electron chi connectivity index (χ2n) is 6.58. The zero-order chi connectivity index (χ0) is 17.9. The highest BCUT2D eigenvalue weighted by atomic mass is 16.5. The molecule has 1 aliphatic heterocycles. The molecular formula is C19H32N4O2. The van der Waals surface area contributed by atoms with Gasteiger partial charge in [-0.15, -0.1) is 0 Å². The summed E-state index contributed by atoms with van der Waals surface area (Å²) < 4.78 is 10.8. The predicted octanol–water partition coefficient (Wildman–Crippen LogP) is 2.00. The summed E-state index contributed by atoms with van der Waals surface area (Å²) in [5.74, 6) is 1.92. The van der Waals surface area contributed by atoms with E-state index in [-0.39, 0.29) is 0 Å². The molecule has 1 aromatic rings. The van der Waals surface area contributed by atoms with Gasteiger partial charge in [-0.2, -0.15) is 0 Å². The van der Waals surface area contributed by atoms with Gasteiger partial charge in [0.25, 0.3) is 0 Å². The second kappa shape index (κ2) is 10.9. The summed E-state index contributed by atoms with van der Waals surface area (Å²) in [5, 5.41) is 3.44. The molecule has 1 N–H and O–H groups in total. The van der Waals surface area contributed by atoms with Crippen LogP contribution < -0.4 is 5.32 Å². The number of aliphatic imine (C=N–C) groups is 1. The van der Waals surface area contributed by atoms with Crippen molar-refractivity contribution in [2.24, 2.45) is 4.99 Å². The molecule has 0 unspecified atom stereocenters. The minimum Gasteiger partial charge on any atom is -0.469 e. The van der Waals surface area contributed by atoms with E-state index in [2.05, 4.69) is 28.7 Å². The zero-order valence-electron chi connectivity index (χ0n) is 15.7. The molecule has 1 aromatic heterocycles. The largest absolute Gasteiger partial charge is 0.469 e. The van der Waals surface area contributed by atoms with Gasteiger partial charge in [0.1, 0.15) is 5.76 Å². The van der Waals surface area contributed by atoms with Crippen molar-refractivity contribution in [1.29, 1.82) is 0 Å². The third-order valence-corrected chi connectivity index (χ3v) is 4.10. The highest BCUT2D eigenvalue weighted by Gasteiger charge is 2.10. The van der Waals surface area contributed by atoms with E-state index in [1.54, 1.807) is 6.26 Å². The van der Waals surface area contributed by atoms with Gasteiger partial charge in [-0.1, -0.05) is 12.2 Å². The van der Waals surface area contributed by atoms with Crippen molar-refractivity contribution in [3.05, 3.63) is 36.3 Å². The molecule has 0 aromatic carbocycles. The van der Waals surface area contributed by atoms with Gasteiger partial charge in [-0.25, -0.2) is 0 Å². The van der Waals surface area contributed by atoms with Gasteiger partial charge in [0, 0.05) is 52.7 Å². The maximum absolute atomic E-state index is 5.39. The Hall–Kier alpha value is -1.79. The monoisotopic (exact) mass is 348 g/mol. The molecule has 0 spiro atoms. The number of ether oxygens (including phenoxy) is 1. The molecule has 1 saturated heterocycles. The van der Waals surface area contributed by atoms with E-state index in [1.807, 2.05) is 19.1 Å². The number of likely N-dealkylation sites (N-methyl/N-ethyl adjacent to an activating group) is 1. The van der Waals surface area contributed by atoms with Gasteiger partial charge in [-0.3, -0.25) is 9.89 Å². The topological polar surface area (TPSA) is 53.2 Å². The summed E-state index contributed by atoms with van der Waals surface area (Å²) in [4.78, 5) is 9.35. The van der Waals surface area contributed by atoms with E-state index in [0.29, 0.717) is 0 Å². The van der Waals surface area contributed by atoms with Crippen molar-refractivity contribution >= 4 is 5.96 Å². The lowest BCUT2D eigenvalue weighted by Crippen LogP contribution is -2.41. The Morgan fingerprint density at radius 3 is 2.88 bits per heavy atom. The fourth-order valence-corrected chi connectivity index (χ4v) is 2.85. The van der Waals surface area contributed by atoms with Crippen LogP contribution in [-0.4, -0.2) is 75.3 Å². The lowest BCUT2D eigenvalue weighted by Gasteiger charge is -2.26. The SMILES string of the molecule is C=C(C)CN(C)C(=NCCCN1CCOCC1)NCCc1ccco1. The van der Waals surface area contributed by atoms with Gasteiger partial charge >= 0.3 is 0 Å². The van der Waals surface area contributed by atoms with Crippen LogP contribution >= 0.6 is 0 Å². The van der Waals surface area contributed by atoms with Crippen LogP contribution in [-0.2, 0) is 11.2 Å². The van der Waals surface area contributed by atoms with Gasteiger partial charge in [-0.05, 0) is 25.5 Å². The summed E-state index contributed by atoms with van der Waals surface area (Å²) in [5.41, 5.74) is 1.12. The van der Waals surface area contributed by atoms with Crippen LogP contribution in [0.2, 0.25) is 0 Å². The van der Waals surface area contributed by atoms with Gasteiger partial charge in [0.15, 0.2) is 5.96 Å². The average Bonchev–Trinajstić information content (AvgIpc) is 3.10. The molecule has 2 rings (SSSR count). The van der Waals surface area contributed by atoms with E-state index in [1.165, 1.54) is 0 Å². The lowest BCUT2D eigenvalue weighted by atomic mass is 10.3. The highest BCUT2D eigenvalue weighted by Crippen LogP contribution is 2.01. The highest BCUT2D eigenvalue weighted by molar-refractivity contribution is 5.80. The number of furan rings is 1. The Morgan fingerprint density at radius 2 is 2.20 bits per heavy atom. The molecule has 25 heavy (non-hydrogen) atoms. The van der Waals surface area contributed by atoms with Crippen LogP contribution in [0.15, 0.2) is 40.0 Å². The smallest absolute Gasteiger partial charge is 0.193 e. The third kappa shape index (κ3) is 7.75. The molecule has 0 atom stereocenters. The third-order valence-electron chi connectivity index (χ3n) is 4.10. The lowest BCUT2D eigenvalue weighted by molar-refractivity contribution is 0.0377. The van der Waals surface area contributed by atoms with Crippen LogP contribution in [0.25, 0.3) is 0 Å². The number of morpholine rings is 1. The Kier molecular flexibility index (Phi) is 8.55. The number of rotatable bonds is 9. The number of hydrogen-bond donors (Lipinski definition) is 1. The summed E-state index contributed by atoms with van der Waals surface area (Å²) in [7, 11) is 2.05. The normalized spacial score (nSPS) is 16.0. The molecule has 0 amide bonds. The van der Waals surface area contributed by atoms with Crippen molar-refractivity contribution < 1.29 is 9.15 Å². The first kappa shape index (κ1) is 19.5. The Labute approximate surface area is 151 Å². The number of hydrogen-bond acceptors (Lipinski definition) is 4. The first-order chi connectivity index (χ1) is 12.1. The fourth-order valence-electron chi connectivity index (χ4n) is 2.85. The molecule has 0 saturated carbocycles. The molecule has 0 aliphatic carbocycles. The first-order valence-electron chi connectivity index (χ1n) is 9.11. The van der Waals surface area contributed by atoms with Crippen molar-refractivity contribution in [3.8, 4) is 0 Å². The van der Waals surface area contributed by atoms with Crippen molar-refractivity contribution in [1.82, 2.24) is 15.1 Å². The standard InChI is InChI=1S/C19H32N4O2/c1-17(2)16-22(3)19(21-9-7-18-6-4-13-25-18)20-8-5-10-23-11-14-24-15-12-23/h4,6,13H,1,5,7-12,14-16H2,2-3H3,(H,20,21). The van der Waals surface area contributed by atoms with Crippen molar-refractivity contribution in [3.63, 3.8) is 0 Å². The number of guanidine groups is 1. The second-order valence-corrected chi connectivity index (χ2v) is 6.58. The molecule has 6 heteroatoms. The van der Waals surface area contributed by atoms with Gasteiger partial charge in [0.2, 0.25) is 0 Å². The Morgan fingerprint density at radius 1 is 1.40 bits per heavy atom. The molecule has 1 aliphatic rings. The van der Waals surface area contributed by atoms with E-state index in [4.69, 9.17) is 14.1 Å². The Balaban J connectivity index is 1.77. The minimum atomic E-state index is 0.802. The zero-order valence-corrected chi connectivity index (χ0v) is 15.7. The molecular weight excluding hydrogens is 316 g/mol.